The minimum Gasteiger partial charge on any atom is -0.355 e. The van der Waals surface area contributed by atoms with Crippen LogP contribution in [0.3, 0.4) is 0 Å². The van der Waals surface area contributed by atoms with E-state index >= 15 is 0 Å². The molecule has 0 saturated heterocycles. The van der Waals surface area contributed by atoms with Crippen LogP contribution in [-0.2, 0) is 4.79 Å². The molecule has 0 aliphatic heterocycles. The van der Waals surface area contributed by atoms with E-state index in [0.717, 1.165) is 16.8 Å². The van der Waals surface area contributed by atoms with Gasteiger partial charge in [-0.3, -0.25) is 4.79 Å². The van der Waals surface area contributed by atoms with E-state index in [2.05, 4.69) is 39.6 Å². The Morgan fingerprint density at radius 1 is 1.56 bits per heavy atom. The van der Waals surface area contributed by atoms with Gasteiger partial charge < -0.3 is 10.6 Å². The third-order valence-electron chi connectivity index (χ3n) is 2.16. The summed E-state index contributed by atoms with van der Waals surface area (Å²) in [5.41, 5.74) is 0. The number of rotatable bonds is 6. The van der Waals surface area contributed by atoms with E-state index in [1.807, 2.05) is 13.0 Å². The molecule has 0 fully saturated rings. The third kappa shape index (κ3) is 4.63. The van der Waals surface area contributed by atoms with Crippen LogP contribution in [0.5, 0.6) is 0 Å². The number of amides is 1. The summed E-state index contributed by atoms with van der Waals surface area (Å²) in [6.45, 7) is 5.22. The second-order valence-electron chi connectivity index (χ2n) is 3.59. The summed E-state index contributed by atoms with van der Waals surface area (Å²) in [5.74, 6) is 0.0596. The van der Waals surface area contributed by atoms with Gasteiger partial charge in [-0.15, -0.1) is 11.3 Å². The normalized spacial score (nSPS) is 12.4. The first-order chi connectivity index (χ1) is 7.63. The van der Waals surface area contributed by atoms with E-state index < -0.39 is 0 Å². The van der Waals surface area contributed by atoms with Crippen molar-refractivity contribution in [2.75, 3.05) is 13.1 Å². The fourth-order valence-electron chi connectivity index (χ4n) is 1.23. The molecule has 0 radical (unpaired) electrons. The Labute approximate surface area is 109 Å². The molecule has 0 spiro atoms. The van der Waals surface area contributed by atoms with Gasteiger partial charge in [0.2, 0.25) is 5.91 Å². The van der Waals surface area contributed by atoms with Crippen LogP contribution in [-0.4, -0.2) is 19.0 Å². The molecule has 90 valence electrons. The number of thiophene rings is 1. The minimum absolute atomic E-state index is 0.0596. The largest absolute Gasteiger partial charge is 0.355 e. The van der Waals surface area contributed by atoms with Gasteiger partial charge in [0, 0.05) is 17.5 Å². The molecule has 0 bridgehead atoms. The second kappa shape index (κ2) is 7.04. The molecule has 2 N–H and O–H groups in total. The maximum atomic E-state index is 11.4. The molecule has 1 heterocycles. The van der Waals surface area contributed by atoms with Crippen LogP contribution < -0.4 is 10.6 Å². The van der Waals surface area contributed by atoms with Crippen molar-refractivity contribution in [3.63, 3.8) is 0 Å². The summed E-state index contributed by atoms with van der Waals surface area (Å²) in [5, 5.41) is 6.04. The van der Waals surface area contributed by atoms with Gasteiger partial charge in [-0.2, -0.15) is 0 Å². The van der Waals surface area contributed by atoms with Crippen molar-refractivity contribution >= 4 is 33.2 Å². The zero-order chi connectivity index (χ0) is 12.0. The fraction of sp³-hybridized carbons (Fsp3) is 0.545. The van der Waals surface area contributed by atoms with Crippen LogP contribution in [0.1, 0.15) is 31.2 Å². The number of nitrogens with one attached hydrogen (secondary N) is 2. The SMILES string of the molecule is CCCNC(=O)CNC(C)c1ccc(Br)s1. The van der Waals surface area contributed by atoms with E-state index in [1.54, 1.807) is 11.3 Å². The number of hydrogen-bond acceptors (Lipinski definition) is 3. The molecule has 1 rings (SSSR count). The smallest absolute Gasteiger partial charge is 0.233 e. The van der Waals surface area contributed by atoms with Crippen LogP contribution in [0.15, 0.2) is 15.9 Å². The molecule has 0 saturated carbocycles. The number of carbonyl (C=O) groups excluding carboxylic acids is 1. The molecular formula is C11H17BrN2OS. The summed E-state index contributed by atoms with van der Waals surface area (Å²) in [7, 11) is 0. The average Bonchev–Trinajstić information content (AvgIpc) is 2.69. The van der Waals surface area contributed by atoms with Gasteiger partial charge in [0.15, 0.2) is 0 Å². The summed E-state index contributed by atoms with van der Waals surface area (Å²) in [4.78, 5) is 12.6. The summed E-state index contributed by atoms with van der Waals surface area (Å²) < 4.78 is 1.12. The summed E-state index contributed by atoms with van der Waals surface area (Å²) in [6, 6.07) is 4.30. The van der Waals surface area contributed by atoms with Crippen molar-refractivity contribution in [2.45, 2.75) is 26.3 Å². The second-order valence-corrected chi connectivity index (χ2v) is 6.09. The van der Waals surface area contributed by atoms with E-state index in [1.165, 1.54) is 4.88 Å². The number of carbonyl (C=O) groups is 1. The summed E-state index contributed by atoms with van der Waals surface area (Å²) in [6.07, 6.45) is 0.971. The van der Waals surface area contributed by atoms with Crippen LogP contribution in [0.2, 0.25) is 0 Å². The third-order valence-corrected chi connectivity index (χ3v) is 3.97. The Bertz CT molecular complexity index is 340. The molecule has 5 heteroatoms. The quantitative estimate of drug-likeness (QED) is 0.848. The molecular weight excluding hydrogens is 288 g/mol. The highest BCUT2D eigenvalue weighted by atomic mass is 79.9. The average molecular weight is 305 g/mol. The Morgan fingerprint density at radius 3 is 2.88 bits per heavy atom. The predicted octanol–water partition coefficient (Wildman–Crippen LogP) is 2.69. The predicted molar refractivity (Wildman–Crippen MR) is 71.7 cm³/mol. The molecule has 3 nitrogen and oxygen atoms in total. The zero-order valence-corrected chi connectivity index (χ0v) is 12.0. The van der Waals surface area contributed by atoms with Crippen LogP contribution >= 0.6 is 27.3 Å². The van der Waals surface area contributed by atoms with Crippen LogP contribution in [0.25, 0.3) is 0 Å². The highest BCUT2D eigenvalue weighted by molar-refractivity contribution is 9.11. The molecule has 1 aromatic heterocycles. The lowest BCUT2D eigenvalue weighted by atomic mass is 10.3. The standard InChI is InChI=1S/C11H17BrN2OS/c1-3-6-13-11(15)7-14-8(2)9-4-5-10(12)16-9/h4-5,8,14H,3,6-7H2,1-2H3,(H,13,15). The van der Waals surface area contributed by atoms with Crippen LogP contribution in [0.4, 0.5) is 0 Å². The monoisotopic (exact) mass is 304 g/mol. The number of halogens is 1. The maximum Gasteiger partial charge on any atom is 0.233 e. The first-order valence-electron chi connectivity index (χ1n) is 5.38. The van der Waals surface area contributed by atoms with Crippen LogP contribution in [0, 0.1) is 0 Å². The molecule has 1 amide bonds. The van der Waals surface area contributed by atoms with Crippen molar-refractivity contribution in [3.8, 4) is 0 Å². The minimum atomic E-state index is 0.0596. The van der Waals surface area contributed by atoms with Gasteiger partial charge in [0.25, 0.3) is 0 Å². The highest BCUT2D eigenvalue weighted by Crippen LogP contribution is 2.26. The van der Waals surface area contributed by atoms with Gasteiger partial charge in [-0.25, -0.2) is 0 Å². The van der Waals surface area contributed by atoms with E-state index in [4.69, 9.17) is 0 Å². The van der Waals surface area contributed by atoms with E-state index in [9.17, 15) is 4.79 Å². The topological polar surface area (TPSA) is 41.1 Å². The molecule has 1 aromatic rings. The lowest BCUT2D eigenvalue weighted by Crippen LogP contribution is -2.35. The van der Waals surface area contributed by atoms with Gasteiger partial charge in [0.05, 0.1) is 10.3 Å². The van der Waals surface area contributed by atoms with Gasteiger partial charge in [-0.1, -0.05) is 6.92 Å². The number of hydrogen-bond donors (Lipinski definition) is 2. The van der Waals surface area contributed by atoms with Crippen molar-refractivity contribution in [2.24, 2.45) is 0 Å². The Balaban J connectivity index is 2.29. The first-order valence-corrected chi connectivity index (χ1v) is 6.99. The summed E-state index contributed by atoms with van der Waals surface area (Å²) >= 11 is 5.11. The van der Waals surface area contributed by atoms with Gasteiger partial charge >= 0.3 is 0 Å². The van der Waals surface area contributed by atoms with Crippen molar-refractivity contribution in [1.82, 2.24) is 10.6 Å². The highest BCUT2D eigenvalue weighted by Gasteiger charge is 2.09. The lowest BCUT2D eigenvalue weighted by Gasteiger charge is -2.11. The zero-order valence-electron chi connectivity index (χ0n) is 9.55. The van der Waals surface area contributed by atoms with Crippen molar-refractivity contribution in [3.05, 3.63) is 20.8 Å². The first kappa shape index (κ1) is 13.7. The Morgan fingerprint density at radius 2 is 2.31 bits per heavy atom. The molecule has 1 unspecified atom stereocenters. The van der Waals surface area contributed by atoms with Gasteiger partial charge in [0.1, 0.15) is 0 Å². The van der Waals surface area contributed by atoms with Crippen molar-refractivity contribution < 1.29 is 4.79 Å². The fourth-order valence-corrected chi connectivity index (χ4v) is 2.68. The Kier molecular flexibility index (Phi) is 6.01. The lowest BCUT2D eigenvalue weighted by molar-refractivity contribution is -0.120. The maximum absolute atomic E-state index is 11.4. The van der Waals surface area contributed by atoms with E-state index in [-0.39, 0.29) is 11.9 Å². The van der Waals surface area contributed by atoms with Gasteiger partial charge in [-0.05, 0) is 41.4 Å². The van der Waals surface area contributed by atoms with E-state index in [0.29, 0.717) is 6.54 Å². The van der Waals surface area contributed by atoms with Crippen molar-refractivity contribution in [1.29, 1.82) is 0 Å². The molecule has 1 atom stereocenters. The molecule has 0 aliphatic carbocycles. The molecule has 0 aromatic carbocycles. The molecule has 0 aliphatic rings. The molecule has 16 heavy (non-hydrogen) atoms. The Hall–Kier alpha value is -0.390.